The zero-order chi connectivity index (χ0) is 5.54. The topological polar surface area (TPSA) is 0 Å². The zero-order valence-corrected chi connectivity index (χ0v) is 5.11. The van der Waals surface area contributed by atoms with Crippen LogP contribution in [0.3, 0.4) is 0 Å². The first-order chi connectivity index (χ1) is 3.41. The molecule has 0 spiro atoms. The van der Waals surface area contributed by atoms with E-state index in [9.17, 15) is 0 Å². The molecule has 0 heterocycles. The van der Waals surface area contributed by atoms with Crippen LogP contribution in [-0.2, 0) is 0 Å². The predicted molar refractivity (Wildman–Crippen MR) is 39.8 cm³/mol. The molecule has 38 valence electrons. The molecule has 0 saturated carbocycles. The maximum Gasteiger partial charge on any atom is 0.0865 e. The second-order valence-corrected chi connectivity index (χ2v) is 1.78. The van der Waals surface area contributed by atoms with Crippen molar-refractivity contribution in [2.45, 2.75) is 19.6 Å². The van der Waals surface area contributed by atoms with Crippen molar-refractivity contribution in [2.24, 2.45) is 0 Å². The summed E-state index contributed by atoms with van der Waals surface area (Å²) < 4.78 is 0. The second kappa shape index (κ2) is 5.87. The highest BCUT2D eigenvalue weighted by Gasteiger charge is 1.82. The molecule has 0 saturated heterocycles. The summed E-state index contributed by atoms with van der Waals surface area (Å²) in [6.07, 6.45) is 4.49. The highest BCUT2D eigenvalue weighted by Crippen LogP contribution is 1.85. The Morgan fingerprint density at radius 1 is 1.71 bits per heavy atom. The monoisotopic (exact) mass is 94.1 g/mol. The van der Waals surface area contributed by atoms with Gasteiger partial charge in [-0.25, -0.2) is 0 Å². The molecule has 0 aromatic rings. The molecule has 0 rings (SSSR count). The van der Waals surface area contributed by atoms with Crippen LogP contribution < -0.4 is 0 Å². The van der Waals surface area contributed by atoms with Crippen LogP contribution in [0.4, 0.5) is 0 Å². The third kappa shape index (κ3) is 5.87. The summed E-state index contributed by atoms with van der Waals surface area (Å²) in [5, 5.41) is 0. The molecular formula is C5H12B2. The SMILES string of the molecule is C=CCCBBC. The van der Waals surface area contributed by atoms with Crippen LogP contribution in [0, 0.1) is 0 Å². The summed E-state index contributed by atoms with van der Waals surface area (Å²) in [4.78, 5) is 0. The summed E-state index contributed by atoms with van der Waals surface area (Å²) in [6, 6.07) is 0. The smallest absolute Gasteiger partial charge is 0.0865 e. The summed E-state index contributed by atoms with van der Waals surface area (Å²) in [6.45, 7) is 5.84. The molecule has 0 aromatic carbocycles. The molecule has 0 aromatic heterocycles. The number of hydrogen-bond donors (Lipinski definition) is 0. The van der Waals surface area contributed by atoms with Gasteiger partial charge in [0.15, 0.2) is 0 Å². The highest BCUT2D eigenvalue weighted by molar-refractivity contribution is 6.99. The molecule has 7 heavy (non-hydrogen) atoms. The van der Waals surface area contributed by atoms with Gasteiger partial charge < -0.3 is 0 Å². The Kier molecular flexibility index (Phi) is 5.76. The lowest BCUT2D eigenvalue weighted by Crippen LogP contribution is -1.95. The van der Waals surface area contributed by atoms with Crippen LogP contribution in [0.5, 0.6) is 0 Å². The van der Waals surface area contributed by atoms with Gasteiger partial charge in [0.25, 0.3) is 0 Å². The molecule has 0 fully saturated rings. The van der Waals surface area contributed by atoms with Gasteiger partial charge in [0.05, 0.1) is 14.3 Å². The number of hydrogen-bond acceptors (Lipinski definition) is 0. The van der Waals surface area contributed by atoms with Crippen molar-refractivity contribution in [3.8, 4) is 0 Å². The lowest BCUT2D eigenvalue weighted by molar-refractivity contribution is 1.22. The number of rotatable bonds is 4. The molecule has 0 aliphatic heterocycles. The van der Waals surface area contributed by atoms with Crippen LogP contribution in [0.25, 0.3) is 0 Å². The lowest BCUT2D eigenvalue weighted by Gasteiger charge is -1.83. The van der Waals surface area contributed by atoms with Crippen LogP contribution in [0.15, 0.2) is 12.7 Å². The maximum absolute atomic E-state index is 3.63. The van der Waals surface area contributed by atoms with E-state index in [1.807, 2.05) is 6.08 Å². The first-order valence-electron chi connectivity index (χ1n) is 3.02. The van der Waals surface area contributed by atoms with Gasteiger partial charge in [-0.1, -0.05) is 19.2 Å². The van der Waals surface area contributed by atoms with Gasteiger partial charge in [-0.05, 0) is 6.42 Å². The van der Waals surface area contributed by atoms with Crippen LogP contribution in [0.1, 0.15) is 6.42 Å². The molecule has 0 nitrogen and oxygen atoms in total. The fraction of sp³-hybridized carbons (Fsp3) is 0.600. The van der Waals surface area contributed by atoms with Gasteiger partial charge in [0.2, 0.25) is 0 Å². The molecule has 0 aliphatic rings. The first-order valence-corrected chi connectivity index (χ1v) is 3.02. The van der Waals surface area contributed by atoms with Gasteiger partial charge in [-0.15, -0.1) is 6.58 Å². The molecule has 0 amide bonds. The Hall–Kier alpha value is -0.130. The van der Waals surface area contributed by atoms with E-state index in [2.05, 4.69) is 13.4 Å². The molecule has 0 atom stereocenters. The van der Waals surface area contributed by atoms with Crippen molar-refractivity contribution >= 4 is 14.3 Å². The van der Waals surface area contributed by atoms with Crippen molar-refractivity contribution in [2.75, 3.05) is 0 Å². The van der Waals surface area contributed by atoms with Crippen LogP contribution in [0.2, 0.25) is 13.1 Å². The van der Waals surface area contributed by atoms with E-state index >= 15 is 0 Å². The minimum Gasteiger partial charge on any atom is -0.103 e. The normalized spacial score (nSPS) is 7.57. The molecule has 0 bridgehead atoms. The highest BCUT2D eigenvalue weighted by atomic mass is 13.6. The van der Waals surface area contributed by atoms with Crippen molar-refractivity contribution in [3.63, 3.8) is 0 Å². The summed E-state index contributed by atoms with van der Waals surface area (Å²) in [5.74, 6) is 0. The minimum atomic E-state index is 1.19. The average Bonchev–Trinajstić information content (AvgIpc) is 1.69. The predicted octanol–water partition coefficient (Wildman–Crippen LogP) is 0.817. The maximum atomic E-state index is 3.63. The first kappa shape index (κ1) is 6.87. The second-order valence-electron chi connectivity index (χ2n) is 1.78. The third-order valence-electron chi connectivity index (χ3n) is 1.01. The van der Waals surface area contributed by atoms with E-state index < -0.39 is 0 Å². The standard InChI is InChI=1S/C5H12B2/c1-3-4-5-7-6-2/h3,6-7H,1,4-5H2,2H3. The van der Waals surface area contributed by atoms with Gasteiger partial charge in [-0.2, -0.15) is 0 Å². The Morgan fingerprint density at radius 3 is 2.86 bits per heavy atom. The summed E-state index contributed by atoms with van der Waals surface area (Å²) in [7, 11) is 2.67. The Bertz CT molecular complexity index is 43.3. The van der Waals surface area contributed by atoms with E-state index in [1.54, 1.807) is 0 Å². The fourth-order valence-electron chi connectivity index (χ4n) is 0.539. The van der Waals surface area contributed by atoms with E-state index in [-0.39, 0.29) is 0 Å². The van der Waals surface area contributed by atoms with Gasteiger partial charge in [0, 0.05) is 0 Å². The third-order valence-corrected chi connectivity index (χ3v) is 1.01. The van der Waals surface area contributed by atoms with E-state index in [1.165, 1.54) is 27.1 Å². The molecule has 0 aliphatic carbocycles. The molecular weight excluding hydrogens is 81.7 g/mol. The van der Waals surface area contributed by atoms with Crippen LogP contribution >= 0.6 is 0 Å². The lowest BCUT2D eigenvalue weighted by atomic mass is 9.39. The van der Waals surface area contributed by atoms with E-state index in [0.29, 0.717) is 0 Å². The minimum absolute atomic E-state index is 1.19. The molecule has 0 N–H and O–H groups in total. The summed E-state index contributed by atoms with van der Waals surface area (Å²) >= 11 is 0. The largest absolute Gasteiger partial charge is 0.103 e. The van der Waals surface area contributed by atoms with Gasteiger partial charge in [-0.3, -0.25) is 0 Å². The van der Waals surface area contributed by atoms with Crippen molar-refractivity contribution in [1.29, 1.82) is 0 Å². The quantitative estimate of drug-likeness (QED) is 0.274. The molecule has 0 unspecified atom stereocenters. The average molecular weight is 93.8 g/mol. The van der Waals surface area contributed by atoms with E-state index in [0.717, 1.165) is 0 Å². The Labute approximate surface area is 47.5 Å². The Morgan fingerprint density at radius 2 is 2.43 bits per heavy atom. The van der Waals surface area contributed by atoms with Crippen molar-refractivity contribution in [3.05, 3.63) is 12.7 Å². The van der Waals surface area contributed by atoms with Gasteiger partial charge >= 0.3 is 0 Å². The van der Waals surface area contributed by atoms with Gasteiger partial charge in [0.1, 0.15) is 0 Å². The molecule has 0 radical (unpaired) electrons. The number of allylic oxidation sites excluding steroid dienone is 1. The van der Waals surface area contributed by atoms with E-state index in [4.69, 9.17) is 0 Å². The fourth-order valence-corrected chi connectivity index (χ4v) is 0.539. The molecule has 2 heteroatoms. The van der Waals surface area contributed by atoms with Crippen molar-refractivity contribution in [1.82, 2.24) is 0 Å². The zero-order valence-electron chi connectivity index (χ0n) is 5.11. The van der Waals surface area contributed by atoms with Crippen LogP contribution in [-0.4, -0.2) is 14.3 Å². The Balaban J connectivity index is 2.56. The van der Waals surface area contributed by atoms with Crippen molar-refractivity contribution < 1.29 is 0 Å². The summed E-state index contributed by atoms with van der Waals surface area (Å²) in [5.41, 5.74) is 0.